The van der Waals surface area contributed by atoms with Gasteiger partial charge in [0.25, 0.3) is 0 Å². The normalized spacial score (nSPS) is 11.3. The minimum atomic E-state index is -0.565. The third kappa shape index (κ3) is 3.27. The molecule has 0 spiro atoms. The predicted molar refractivity (Wildman–Crippen MR) is 69.3 cm³/mol. The second kappa shape index (κ2) is 4.68. The lowest BCUT2D eigenvalue weighted by molar-refractivity contribution is 0.0514. The van der Waals surface area contributed by atoms with Gasteiger partial charge in [-0.05, 0) is 20.8 Å². The van der Waals surface area contributed by atoms with Crippen LogP contribution in [-0.2, 0) is 4.74 Å². The van der Waals surface area contributed by atoms with Crippen molar-refractivity contribution in [3.8, 4) is 11.3 Å². The molecule has 0 radical (unpaired) electrons. The summed E-state index contributed by atoms with van der Waals surface area (Å²) in [6.07, 6.45) is 5.48. The summed E-state index contributed by atoms with van der Waals surface area (Å²) in [5.74, 6) is 0.336. The van der Waals surface area contributed by atoms with Crippen molar-refractivity contribution in [1.82, 2.24) is 19.7 Å². The number of hydrogen-bond acceptors (Lipinski definition) is 6. The van der Waals surface area contributed by atoms with Gasteiger partial charge in [-0.25, -0.2) is 9.78 Å². The lowest BCUT2D eigenvalue weighted by atomic mass is 10.2. The number of rotatable bonds is 1. The molecule has 0 aliphatic rings. The summed E-state index contributed by atoms with van der Waals surface area (Å²) >= 11 is 0. The molecular formula is C12H15N5O2. The van der Waals surface area contributed by atoms with Gasteiger partial charge in [-0.2, -0.15) is 9.78 Å². The van der Waals surface area contributed by atoms with Crippen LogP contribution in [0.2, 0.25) is 0 Å². The Kier molecular flexibility index (Phi) is 3.20. The maximum absolute atomic E-state index is 11.8. The van der Waals surface area contributed by atoms with Crippen LogP contribution in [0.1, 0.15) is 20.8 Å². The Morgan fingerprint density at radius 3 is 2.58 bits per heavy atom. The van der Waals surface area contributed by atoms with Gasteiger partial charge in [0.2, 0.25) is 0 Å². The molecule has 0 atom stereocenters. The topological polar surface area (TPSA) is 95.9 Å². The maximum atomic E-state index is 11.8. The number of nitrogen functional groups attached to an aromatic ring is 1. The van der Waals surface area contributed by atoms with Crippen molar-refractivity contribution in [2.75, 3.05) is 5.73 Å². The highest BCUT2D eigenvalue weighted by molar-refractivity contribution is 5.71. The Morgan fingerprint density at radius 1 is 1.26 bits per heavy atom. The number of carbonyl (C=O) groups excluding carboxylic acids is 1. The molecule has 0 aliphatic heterocycles. The summed E-state index contributed by atoms with van der Waals surface area (Å²) in [5.41, 5.74) is 6.15. The molecule has 0 aliphatic carbocycles. The van der Waals surface area contributed by atoms with Gasteiger partial charge in [0.15, 0.2) is 0 Å². The van der Waals surface area contributed by atoms with Crippen molar-refractivity contribution >= 4 is 11.9 Å². The quantitative estimate of drug-likeness (QED) is 0.839. The maximum Gasteiger partial charge on any atom is 0.435 e. The second-order valence-corrected chi connectivity index (χ2v) is 4.98. The van der Waals surface area contributed by atoms with E-state index in [1.807, 2.05) is 0 Å². The molecule has 0 saturated carbocycles. The molecule has 0 saturated heterocycles. The van der Waals surface area contributed by atoms with Gasteiger partial charge in [-0.15, -0.1) is 0 Å². The van der Waals surface area contributed by atoms with Crippen LogP contribution in [0.25, 0.3) is 11.3 Å². The Balaban J connectivity index is 2.19. The van der Waals surface area contributed by atoms with E-state index in [2.05, 4.69) is 15.1 Å². The van der Waals surface area contributed by atoms with Crippen molar-refractivity contribution in [3.05, 3.63) is 24.8 Å². The monoisotopic (exact) mass is 261 g/mol. The van der Waals surface area contributed by atoms with Crippen LogP contribution in [-0.4, -0.2) is 31.4 Å². The van der Waals surface area contributed by atoms with E-state index in [0.29, 0.717) is 17.1 Å². The molecule has 0 fully saturated rings. The number of carbonyl (C=O) groups is 1. The van der Waals surface area contributed by atoms with E-state index in [1.165, 1.54) is 24.8 Å². The molecule has 19 heavy (non-hydrogen) atoms. The van der Waals surface area contributed by atoms with Crippen LogP contribution in [0.3, 0.4) is 0 Å². The first-order valence-electron chi connectivity index (χ1n) is 5.71. The summed E-state index contributed by atoms with van der Waals surface area (Å²) in [5, 5.41) is 3.94. The standard InChI is InChI=1S/C12H15N5O2/c1-12(2,3)19-11(18)17-7-8(4-16-17)9-5-15-10(13)6-14-9/h4-7H,1-3H3,(H2,13,15). The van der Waals surface area contributed by atoms with Crippen LogP contribution in [0.15, 0.2) is 24.8 Å². The highest BCUT2D eigenvalue weighted by atomic mass is 16.6. The fourth-order valence-electron chi connectivity index (χ4n) is 1.35. The summed E-state index contributed by atoms with van der Waals surface area (Å²) in [6, 6.07) is 0. The lowest BCUT2D eigenvalue weighted by Crippen LogP contribution is -2.27. The molecule has 0 aromatic carbocycles. The number of hydrogen-bond donors (Lipinski definition) is 1. The molecular weight excluding hydrogens is 246 g/mol. The van der Waals surface area contributed by atoms with Gasteiger partial charge in [-0.1, -0.05) is 0 Å². The van der Waals surface area contributed by atoms with Crippen LogP contribution >= 0.6 is 0 Å². The van der Waals surface area contributed by atoms with E-state index < -0.39 is 11.7 Å². The average molecular weight is 261 g/mol. The summed E-state index contributed by atoms with van der Waals surface area (Å²) in [4.78, 5) is 19.8. The van der Waals surface area contributed by atoms with E-state index in [-0.39, 0.29) is 0 Å². The van der Waals surface area contributed by atoms with Crippen molar-refractivity contribution in [2.24, 2.45) is 0 Å². The van der Waals surface area contributed by atoms with Crippen LogP contribution in [0.5, 0.6) is 0 Å². The first-order chi connectivity index (χ1) is 8.85. The SMILES string of the molecule is CC(C)(C)OC(=O)n1cc(-c2cnc(N)cn2)cn1. The summed E-state index contributed by atoms with van der Waals surface area (Å²) in [6.45, 7) is 5.38. The van der Waals surface area contributed by atoms with E-state index in [4.69, 9.17) is 10.5 Å². The molecule has 2 rings (SSSR count). The largest absolute Gasteiger partial charge is 0.442 e. The number of nitrogens with zero attached hydrogens (tertiary/aromatic N) is 4. The average Bonchev–Trinajstić information content (AvgIpc) is 2.77. The van der Waals surface area contributed by atoms with Crippen LogP contribution in [0, 0.1) is 0 Å². The number of aromatic nitrogens is 4. The summed E-state index contributed by atoms with van der Waals surface area (Å²) < 4.78 is 6.32. The molecule has 2 heterocycles. The van der Waals surface area contributed by atoms with E-state index in [9.17, 15) is 4.79 Å². The third-order valence-corrected chi connectivity index (χ3v) is 2.13. The van der Waals surface area contributed by atoms with Crippen molar-refractivity contribution < 1.29 is 9.53 Å². The van der Waals surface area contributed by atoms with Gasteiger partial charge < -0.3 is 10.5 Å². The molecule has 7 nitrogen and oxygen atoms in total. The smallest absolute Gasteiger partial charge is 0.435 e. The van der Waals surface area contributed by atoms with E-state index in [0.717, 1.165) is 4.68 Å². The molecule has 7 heteroatoms. The second-order valence-electron chi connectivity index (χ2n) is 4.98. The fourth-order valence-corrected chi connectivity index (χ4v) is 1.35. The highest BCUT2D eigenvalue weighted by Gasteiger charge is 2.18. The minimum absolute atomic E-state index is 0.336. The fraction of sp³-hybridized carbons (Fsp3) is 0.333. The van der Waals surface area contributed by atoms with Gasteiger partial charge in [0, 0.05) is 11.8 Å². The zero-order valence-corrected chi connectivity index (χ0v) is 11.0. The first-order valence-corrected chi connectivity index (χ1v) is 5.71. The molecule has 2 aromatic heterocycles. The third-order valence-electron chi connectivity index (χ3n) is 2.13. The highest BCUT2D eigenvalue weighted by Crippen LogP contribution is 2.16. The van der Waals surface area contributed by atoms with Crippen molar-refractivity contribution in [1.29, 1.82) is 0 Å². The number of anilines is 1. The molecule has 0 amide bonds. The van der Waals surface area contributed by atoms with Crippen LogP contribution < -0.4 is 5.73 Å². The Hall–Kier alpha value is -2.44. The molecule has 0 unspecified atom stereocenters. The van der Waals surface area contributed by atoms with Gasteiger partial charge in [0.1, 0.15) is 11.4 Å². The van der Waals surface area contributed by atoms with E-state index in [1.54, 1.807) is 20.8 Å². The van der Waals surface area contributed by atoms with Crippen LogP contribution in [0.4, 0.5) is 10.6 Å². The Labute approximate surface area is 110 Å². The Morgan fingerprint density at radius 2 is 2.00 bits per heavy atom. The number of nitrogens with two attached hydrogens (primary N) is 1. The molecule has 2 aromatic rings. The number of ether oxygens (including phenoxy) is 1. The zero-order chi connectivity index (χ0) is 14.0. The first kappa shape index (κ1) is 13.0. The van der Waals surface area contributed by atoms with Gasteiger partial charge in [-0.3, -0.25) is 4.98 Å². The molecule has 100 valence electrons. The van der Waals surface area contributed by atoms with E-state index >= 15 is 0 Å². The molecule has 0 bridgehead atoms. The Bertz CT molecular complexity index is 583. The lowest BCUT2D eigenvalue weighted by Gasteiger charge is -2.18. The van der Waals surface area contributed by atoms with Crippen molar-refractivity contribution in [2.45, 2.75) is 26.4 Å². The van der Waals surface area contributed by atoms with Gasteiger partial charge >= 0.3 is 6.09 Å². The predicted octanol–water partition coefficient (Wildman–Crippen LogP) is 1.71. The summed E-state index contributed by atoms with van der Waals surface area (Å²) in [7, 11) is 0. The minimum Gasteiger partial charge on any atom is -0.442 e. The van der Waals surface area contributed by atoms with Crippen molar-refractivity contribution in [3.63, 3.8) is 0 Å². The molecule has 2 N–H and O–H groups in total. The van der Waals surface area contributed by atoms with Gasteiger partial charge in [0.05, 0.1) is 24.3 Å². The zero-order valence-electron chi connectivity index (χ0n) is 11.0.